The van der Waals surface area contributed by atoms with E-state index in [1.807, 2.05) is 24.9 Å². The minimum absolute atomic E-state index is 0.573. The lowest BCUT2D eigenvalue weighted by molar-refractivity contribution is 0.465. The molecule has 1 N–H and O–H groups in total. The molecule has 2 aliphatic heterocycles. The molecule has 1 aromatic heterocycles. The van der Waals surface area contributed by atoms with Crippen LogP contribution < -0.4 is 10.2 Å². The Kier molecular flexibility index (Phi) is 3.19. The van der Waals surface area contributed by atoms with Gasteiger partial charge in [0.1, 0.15) is 5.82 Å². The minimum Gasteiger partial charge on any atom is -0.350 e. The maximum Gasteiger partial charge on any atom is 0.144 e. The number of aromatic nitrogens is 1. The molecule has 3 rings (SSSR count). The van der Waals surface area contributed by atoms with Crippen molar-refractivity contribution < 1.29 is 0 Å². The molecule has 0 amide bonds. The first-order chi connectivity index (χ1) is 8.27. The van der Waals surface area contributed by atoms with Gasteiger partial charge in [0.2, 0.25) is 0 Å². The van der Waals surface area contributed by atoms with E-state index in [4.69, 9.17) is 11.6 Å². The van der Waals surface area contributed by atoms with E-state index in [1.165, 1.54) is 11.3 Å². The first-order valence-electron chi connectivity index (χ1n) is 6.02. The molecule has 2 aliphatic rings. The van der Waals surface area contributed by atoms with E-state index in [0.717, 1.165) is 41.8 Å². The first kappa shape index (κ1) is 11.6. The van der Waals surface area contributed by atoms with Crippen molar-refractivity contribution in [3.63, 3.8) is 0 Å². The lowest BCUT2D eigenvalue weighted by atomic mass is 10.1. The zero-order valence-electron chi connectivity index (χ0n) is 9.87. The van der Waals surface area contributed by atoms with Crippen LogP contribution in [0.4, 0.5) is 5.82 Å². The summed E-state index contributed by atoms with van der Waals surface area (Å²) in [4.78, 5) is 8.22. The standard InChI is InChI=1S/C12H16ClN3S/c1-8-6-15-12-11(10(8)13)17-5-2-9-7-14-3-4-16(9)12/h6,9,14H,2-5,7H2,1H3/t9-/m1/s1. The number of piperazine rings is 1. The summed E-state index contributed by atoms with van der Waals surface area (Å²) in [5.74, 6) is 2.22. The number of nitrogens with one attached hydrogen (secondary N) is 1. The summed E-state index contributed by atoms with van der Waals surface area (Å²) in [7, 11) is 0. The smallest absolute Gasteiger partial charge is 0.144 e. The van der Waals surface area contributed by atoms with Crippen molar-refractivity contribution in [2.24, 2.45) is 0 Å². The number of hydrogen-bond acceptors (Lipinski definition) is 4. The summed E-state index contributed by atoms with van der Waals surface area (Å²) >= 11 is 8.26. The molecule has 3 nitrogen and oxygen atoms in total. The van der Waals surface area contributed by atoms with Crippen LogP contribution in [0.1, 0.15) is 12.0 Å². The largest absolute Gasteiger partial charge is 0.350 e. The number of hydrogen-bond donors (Lipinski definition) is 1. The van der Waals surface area contributed by atoms with Crippen molar-refractivity contribution in [1.29, 1.82) is 0 Å². The molecule has 1 aromatic rings. The van der Waals surface area contributed by atoms with E-state index in [0.29, 0.717) is 6.04 Å². The molecule has 0 saturated carbocycles. The van der Waals surface area contributed by atoms with Crippen molar-refractivity contribution in [3.8, 4) is 0 Å². The van der Waals surface area contributed by atoms with Crippen LogP contribution in [0.15, 0.2) is 11.1 Å². The molecule has 0 aromatic carbocycles. The molecule has 17 heavy (non-hydrogen) atoms. The average Bonchev–Trinajstić information content (AvgIpc) is 2.54. The molecule has 1 fully saturated rings. The highest BCUT2D eigenvalue weighted by Crippen LogP contribution is 2.40. The van der Waals surface area contributed by atoms with Gasteiger partial charge in [0.05, 0.1) is 9.92 Å². The van der Waals surface area contributed by atoms with Crippen LogP contribution in [0.5, 0.6) is 0 Å². The third-order valence-electron chi connectivity index (χ3n) is 3.45. The Bertz CT molecular complexity index is 438. The summed E-state index contributed by atoms with van der Waals surface area (Å²) < 4.78 is 0. The second kappa shape index (κ2) is 4.67. The van der Waals surface area contributed by atoms with Gasteiger partial charge < -0.3 is 10.2 Å². The number of aryl methyl sites for hydroxylation is 1. The topological polar surface area (TPSA) is 28.2 Å². The Morgan fingerprint density at radius 1 is 1.59 bits per heavy atom. The minimum atomic E-state index is 0.573. The molecule has 0 bridgehead atoms. The van der Waals surface area contributed by atoms with Gasteiger partial charge in [-0.05, 0) is 18.9 Å². The zero-order valence-corrected chi connectivity index (χ0v) is 11.4. The molecule has 92 valence electrons. The fraction of sp³-hybridized carbons (Fsp3) is 0.583. The van der Waals surface area contributed by atoms with Crippen LogP contribution in [0.3, 0.4) is 0 Å². The highest BCUT2D eigenvalue weighted by molar-refractivity contribution is 7.99. The summed E-state index contributed by atoms with van der Waals surface area (Å²) in [6, 6.07) is 0.573. The summed E-state index contributed by atoms with van der Waals surface area (Å²) in [5.41, 5.74) is 1.08. The van der Waals surface area contributed by atoms with Crippen LogP contribution >= 0.6 is 23.4 Å². The van der Waals surface area contributed by atoms with Crippen molar-refractivity contribution in [1.82, 2.24) is 10.3 Å². The predicted octanol–water partition coefficient (Wildman–Crippen LogP) is 2.32. The SMILES string of the molecule is Cc1cnc2c(c1Cl)SCC[C@@H]1CNCCN21. The van der Waals surface area contributed by atoms with Crippen molar-refractivity contribution in [3.05, 3.63) is 16.8 Å². The van der Waals surface area contributed by atoms with Gasteiger partial charge in [-0.15, -0.1) is 11.8 Å². The van der Waals surface area contributed by atoms with Gasteiger partial charge in [-0.3, -0.25) is 0 Å². The Morgan fingerprint density at radius 2 is 2.47 bits per heavy atom. The Hall–Kier alpha value is -0.450. The first-order valence-corrected chi connectivity index (χ1v) is 7.39. The summed E-state index contributed by atoms with van der Waals surface area (Å²) in [6.07, 6.45) is 3.09. The number of pyridine rings is 1. The summed E-state index contributed by atoms with van der Waals surface area (Å²) in [6.45, 7) is 5.15. The van der Waals surface area contributed by atoms with Gasteiger partial charge in [0.25, 0.3) is 0 Å². The highest BCUT2D eigenvalue weighted by Gasteiger charge is 2.29. The van der Waals surface area contributed by atoms with E-state index in [1.54, 1.807) is 0 Å². The highest BCUT2D eigenvalue weighted by atomic mass is 35.5. The van der Waals surface area contributed by atoms with Gasteiger partial charge in [0.15, 0.2) is 0 Å². The maximum absolute atomic E-state index is 6.41. The van der Waals surface area contributed by atoms with Crippen molar-refractivity contribution in [2.75, 3.05) is 30.3 Å². The average molecular weight is 270 g/mol. The number of fused-ring (bicyclic) bond motifs is 3. The molecule has 5 heteroatoms. The molecule has 3 heterocycles. The van der Waals surface area contributed by atoms with Crippen LogP contribution in [0, 0.1) is 6.92 Å². The fourth-order valence-corrected chi connectivity index (χ4v) is 3.96. The third kappa shape index (κ3) is 2.02. The maximum atomic E-state index is 6.41. The molecule has 0 radical (unpaired) electrons. The molecule has 1 atom stereocenters. The van der Waals surface area contributed by atoms with E-state index < -0.39 is 0 Å². The molecule has 0 unspecified atom stereocenters. The van der Waals surface area contributed by atoms with Crippen LogP contribution in [0.25, 0.3) is 0 Å². The number of halogens is 1. The lowest BCUT2D eigenvalue weighted by Gasteiger charge is -2.36. The van der Waals surface area contributed by atoms with Gasteiger partial charge in [0, 0.05) is 37.6 Å². The number of thioether (sulfide) groups is 1. The van der Waals surface area contributed by atoms with E-state index in [9.17, 15) is 0 Å². The fourth-order valence-electron chi connectivity index (χ4n) is 2.48. The Morgan fingerprint density at radius 3 is 3.35 bits per heavy atom. The molecular formula is C12H16ClN3S. The zero-order chi connectivity index (χ0) is 11.8. The molecule has 1 saturated heterocycles. The van der Waals surface area contributed by atoms with Gasteiger partial charge in [-0.2, -0.15) is 0 Å². The van der Waals surface area contributed by atoms with Crippen molar-refractivity contribution >= 4 is 29.2 Å². The number of rotatable bonds is 0. The Labute approximate surface area is 111 Å². The van der Waals surface area contributed by atoms with Gasteiger partial charge in [-0.25, -0.2) is 4.98 Å². The number of anilines is 1. The molecular weight excluding hydrogens is 254 g/mol. The predicted molar refractivity (Wildman–Crippen MR) is 73.3 cm³/mol. The van der Waals surface area contributed by atoms with Crippen molar-refractivity contribution in [2.45, 2.75) is 24.3 Å². The van der Waals surface area contributed by atoms with Crippen LogP contribution in [0.2, 0.25) is 5.02 Å². The second-order valence-electron chi connectivity index (χ2n) is 4.60. The quantitative estimate of drug-likeness (QED) is 0.782. The summed E-state index contributed by atoms with van der Waals surface area (Å²) in [5, 5.41) is 4.34. The van der Waals surface area contributed by atoms with Gasteiger partial charge in [-0.1, -0.05) is 11.6 Å². The Balaban J connectivity index is 2.06. The van der Waals surface area contributed by atoms with E-state index in [-0.39, 0.29) is 0 Å². The van der Waals surface area contributed by atoms with Crippen LogP contribution in [-0.2, 0) is 0 Å². The third-order valence-corrected chi connectivity index (χ3v) is 5.16. The molecule has 0 spiro atoms. The molecule has 0 aliphatic carbocycles. The normalized spacial score (nSPS) is 23.9. The number of nitrogens with zero attached hydrogens (tertiary/aromatic N) is 2. The lowest BCUT2D eigenvalue weighted by Crippen LogP contribution is -2.51. The second-order valence-corrected chi connectivity index (χ2v) is 6.08. The van der Waals surface area contributed by atoms with Gasteiger partial charge >= 0.3 is 0 Å². The van der Waals surface area contributed by atoms with E-state index in [2.05, 4.69) is 15.2 Å². The van der Waals surface area contributed by atoms with E-state index >= 15 is 0 Å². The monoisotopic (exact) mass is 269 g/mol. The van der Waals surface area contributed by atoms with Crippen LogP contribution in [-0.4, -0.2) is 36.4 Å².